The van der Waals surface area contributed by atoms with Crippen LogP contribution < -0.4 is 10.6 Å². The summed E-state index contributed by atoms with van der Waals surface area (Å²) in [5.41, 5.74) is 0.878. The Morgan fingerprint density at radius 2 is 1.73 bits per heavy atom. The van der Waals surface area contributed by atoms with Gasteiger partial charge in [-0.05, 0) is 30.4 Å². The second kappa shape index (κ2) is 8.94. The predicted octanol–water partition coefficient (Wildman–Crippen LogP) is 3.74. The quantitative estimate of drug-likeness (QED) is 0.682. The minimum atomic E-state index is -0.363. The molecule has 0 heterocycles. The molecular weight excluding hydrogens is 272 g/mol. The van der Waals surface area contributed by atoms with Crippen molar-refractivity contribution in [1.29, 1.82) is 0 Å². The van der Waals surface area contributed by atoms with Gasteiger partial charge in [0.05, 0.1) is 5.66 Å². The van der Waals surface area contributed by atoms with Crippen LogP contribution in [0.25, 0.3) is 0 Å². The normalized spacial score (nSPS) is 14.1. The first-order valence-corrected chi connectivity index (χ1v) is 8.47. The zero-order valence-corrected chi connectivity index (χ0v) is 14.8. The van der Waals surface area contributed by atoms with E-state index in [1.54, 1.807) is 0 Å². The van der Waals surface area contributed by atoms with Gasteiger partial charge in [0.15, 0.2) is 0 Å². The summed E-state index contributed by atoms with van der Waals surface area (Å²) in [6, 6.07) is 10.4. The Balaban J connectivity index is 2.88. The van der Waals surface area contributed by atoms with E-state index in [1.165, 1.54) is 5.56 Å². The third-order valence-corrected chi connectivity index (χ3v) is 3.77. The molecule has 0 aliphatic heterocycles. The van der Waals surface area contributed by atoms with Gasteiger partial charge in [-0.1, -0.05) is 65.0 Å². The van der Waals surface area contributed by atoms with E-state index in [9.17, 15) is 4.79 Å². The summed E-state index contributed by atoms with van der Waals surface area (Å²) in [6.07, 6.45) is 2.24. The van der Waals surface area contributed by atoms with Gasteiger partial charge in [-0.25, -0.2) is 0 Å². The lowest BCUT2D eigenvalue weighted by molar-refractivity contribution is -0.124. The standard InChI is InChI=1S/C19H32N2O/c1-6-19(20-14-16(4)5,21-18(22)12-15(2)3)13-17-10-8-7-9-11-17/h7-11,15-16,20H,6,12-14H2,1-5H3,(H,21,22)/t19-/m0/s1. The zero-order valence-electron chi connectivity index (χ0n) is 14.8. The van der Waals surface area contributed by atoms with Gasteiger partial charge in [-0.15, -0.1) is 0 Å². The minimum Gasteiger partial charge on any atom is -0.338 e. The maximum absolute atomic E-state index is 12.3. The molecule has 1 amide bonds. The average molecular weight is 304 g/mol. The molecule has 0 unspecified atom stereocenters. The van der Waals surface area contributed by atoms with Crippen molar-refractivity contribution < 1.29 is 4.79 Å². The van der Waals surface area contributed by atoms with Crippen LogP contribution >= 0.6 is 0 Å². The Kier molecular flexibility index (Phi) is 7.60. The smallest absolute Gasteiger partial charge is 0.221 e. The second-order valence-electron chi connectivity index (χ2n) is 7.02. The summed E-state index contributed by atoms with van der Waals surface area (Å²) in [6.45, 7) is 11.5. The van der Waals surface area contributed by atoms with Crippen molar-refractivity contribution in [3.8, 4) is 0 Å². The highest BCUT2D eigenvalue weighted by Crippen LogP contribution is 2.16. The summed E-state index contributed by atoms with van der Waals surface area (Å²) < 4.78 is 0. The number of carbonyl (C=O) groups is 1. The summed E-state index contributed by atoms with van der Waals surface area (Å²) in [5.74, 6) is 1.05. The van der Waals surface area contributed by atoms with Gasteiger partial charge in [0, 0.05) is 12.8 Å². The fraction of sp³-hybridized carbons (Fsp3) is 0.632. The molecule has 0 aliphatic rings. The van der Waals surface area contributed by atoms with Crippen LogP contribution in [0, 0.1) is 11.8 Å². The van der Waals surface area contributed by atoms with Crippen LogP contribution in [-0.2, 0) is 11.2 Å². The van der Waals surface area contributed by atoms with Crippen molar-refractivity contribution in [2.45, 2.75) is 59.5 Å². The fourth-order valence-electron chi connectivity index (χ4n) is 2.52. The van der Waals surface area contributed by atoms with E-state index in [1.807, 2.05) is 18.2 Å². The number of hydrogen-bond donors (Lipinski definition) is 2. The molecule has 0 fully saturated rings. The first kappa shape index (κ1) is 18.7. The molecule has 0 saturated carbocycles. The lowest BCUT2D eigenvalue weighted by Gasteiger charge is -2.36. The Bertz CT molecular complexity index is 442. The lowest BCUT2D eigenvalue weighted by Crippen LogP contribution is -2.60. The van der Waals surface area contributed by atoms with Crippen molar-refractivity contribution in [3.05, 3.63) is 35.9 Å². The lowest BCUT2D eigenvalue weighted by atomic mass is 9.95. The van der Waals surface area contributed by atoms with Crippen molar-refractivity contribution >= 4 is 5.91 Å². The van der Waals surface area contributed by atoms with Gasteiger partial charge in [0.2, 0.25) is 5.91 Å². The van der Waals surface area contributed by atoms with E-state index in [-0.39, 0.29) is 11.6 Å². The summed E-state index contributed by atoms with van der Waals surface area (Å²) >= 11 is 0. The Hall–Kier alpha value is -1.35. The maximum Gasteiger partial charge on any atom is 0.221 e. The van der Waals surface area contributed by atoms with Crippen LogP contribution in [0.1, 0.15) is 53.0 Å². The number of carbonyl (C=O) groups excluding carboxylic acids is 1. The van der Waals surface area contributed by atoms with Gasteiger partial charge in [0.1, 0.15) is 0 Å². The number of amides is 1. The molecule has 1 aromatic rings. The average Bonchev–Trinajstić information content (AvgIpc) is 2.45. The molecule has 0 aromatic heterocycles. The number of benzene rings is 1. The largest absolute Gasteiger partial charge is 0.338 e. The SMILES string of the molecule is CC[C@](Cc1ccccc1)(NCC(C)C)NC(=O)CC(C)C. The van der Waals surface area contributed by atoms with E-state index in [0.29, 0.717) is 18.3 Å². The first-order valence-electron chi connectivity index (χ1n) is 8.47. The zero-order chi connectivity index (χ0) is 16.6. The van der Waals surface area contributed by atoms with Crippen molar-refractivity contribution in [2.75, 3.05) is 6.54 Å². The molecule has 3 nitrogen and oxygen atoms in total. The van der Waals surface area contributed by atoms with Gasteiger partial charge < -0.3 is 5.32 Å². The van der Waals surface area contributed by atoms with Crippen molar-refractivity contribution in [1.82, 2.24) is 10.6 Å². The van der Waals surface area contributed by atoms with Crippen LogP contribution in [0.4, 0.5) is 0 Å². The van der Waals surface area contributed by atoms with E-state index in [0.717, 1.165) is 19.4 Å². The van der Waals surface area contributed by atoms with Crippen molar-refractivity contribution in [2.24, 2.45) is 11.8 Å². The molecule has 1 atom stereocenters. The number of rotatable bonds is 9. The molecule has 22 heavy (non-hydrogen) atoms. The molecular formula is C19H32N2O. The van der Waals surface area contributed by atoms with Crippen LogP contribution in [0.2, 0.25) is 0 Å². The van der Waals surface area contributed by atoms with Crippen LogP contribution in [0.15, 0.2) is 30.3 Å². The molecule has 3 heteroatoms. The van der Waals surface area contributed by atoms with E-state index in [4.69, 9.17) is 0 Å². The van der Waals surface area contributed by atoms with Crippen molar-refractivity contribution in [3.63, 3.8) is 0 Å². The monoisotopic (exact) mass is 304 g/mol. The highest BCUT2D eigenvalue weighted by atomic mass is 16.1. The molecule has 0 aliphatic carbocycles. The Labute approximate surface area is 135 Å². The van der Waals surface area contributed by atoms with Gasteiger partial charge in [-0.3, -0.25) is 10.1 Å². The summed E-state index contributed by atoms with van der Waals surface area (Å²) in [4.78, 5) is 12.3. The molecule has 0 bridgehead atoms. The van der Waals surface area contributed by atoms with Crippen LogP contribution in [-0.4, -0.2) is 18.1 Å². The first-order chi connectivity index (χ1) is 10.4. The third kappa shape index (κ3) is 6.61. The van der Waals surface area contributed by atoms with Crippen LogP contribution in [0.5, 0.6) is 0 Å². The number of nitrogens with one attached hydrogen (secondary N) is 2. The molecule has 0 radical (unpaired) electrons. The van der Waals surface area contributed by atoms with Gasteiger partial charge in [0.25, 0.3) is 0 Å². The third-order valence-electron chi connectivity index (χ3n) is 3.77. The van der Waals surface area contributed by atoms with E-state index < -0.39 is 0 Å². The minimum absolute atomic E-state index is 0.129. The van der Waals surface area contributed by atoms with Crippen LogP contribution in [0.3, 0.4) is 0 Å². The van der Waals surface area contributed by atoms with E-state index >= 15 is 0 Å². The molecule has 0 spiro atoms. The molecule has 0 saturated heterocycles. The summed E-state index contributed by atoms with van der Waals surface area (Å²) in [5, 5.41) is 6.87. The Morgan fingerprint density at radius 1 is 1.09 bits per heavy atom. The Morgan fingerprint density at radius 3 is 2.23 bits per heavy atom. The molecule has 1 aromatic carbocycles. The summed E-state index contributed by atoms with van der Waals surface area (Å²) in [7, 11) is 0. The highest BCUT2D eigenvalue weighted by molar-refractivity contribution is 5.77. The molecule has 2 N–H and O–H groups in total. The second-order valence-corrected chi connectivity index (χ2v) is 7.02. The highest BCUT2D eigenvalue weighted by Gasteiger charge is 2.30. The predicted molar refractivity (Wildman–Crippen MR) is 93.6 cm³/mol. The van der Waals surface area contributed by atoms with Gasteiger partial charge in [-0.2, -0.15) is 0 Å². The topological polar surface area (TPSA) is 41.1 Å². The molecule has 124 valence electrons. The fourth-order valence-corrected chi connectivity index (χ4v) is 2.52. The van der Waals surface area contributed by atoms with Gasteiger partial charge >= 0.3 is 0 Å². The maximum atomic E-state index is 12.3. The molecule has 1 rings (SSSR count). The number of hydrogen-bond acceptors (Lipinski definition) is 2. The van der Waals surface area contributed by atoms with E-state index in [2.05, 4.69) is 57.4 Å².